The number of ether oxygens (including phenoxy) is 1. The van der Waals surface area contributed by atoms with Crippen LogP contribution in [-0.2, 0) is 16.0 Å². The van der Waals surface area contributed by atoms with Crippen molar-refractivity contribution in [2.24, 2.45) is 0 Å². The molecule has 0 atom stereocenters. The number of rotatable bonds is 4. The molecule has 0 saturated carbocycles. The van der Waals surface area contributed by atoms with Crippen molar-refractivity contribution in [3.8, 4) is 5.75 Å². The lowest BCUT2D eigenvalue weighted by Crippen LogP contribution is -2.15. The van der Waals surface area contributed by atoms with Gasteiger partial charge in [0.2, 0.25) is 5.82 Å². The fraction of sp³-hybridized carbons (Fsp3) is 0.188. The molecule has 0 N–H and O–H groups in total. The van der Waals surface area contributed by atoms with Gasteiger partial charge in [-0.1, -0.05) is 0 Å². The molecule has 2 aromatic rings. The van der Waals surface area contributed by atoms with Gasteiger partial charge in [-0.25, -0.2) is 17.2 Å². The second kappa shape index (κ2) is 6.87. The molecule has 0 bridgehead atoms. The number of ketones is 1. The first-order valence-electron chi connectivity index (χ1n) is 6.96. The van der Waals surface area contributed by atoms with E-state index in [1.54, 1.807) is 0 Å². The van der Waals surface area contributed by atoms with E-state index >= 15 is 0 Å². The molecule has 0 aliphatic heterocycles. The summed E-state index contributed by atoms with van der Waals surface area (Å²) in [6.45, 7) is 0. The number of carbonyl (C=O) groups is 1. The number of hydrogen-bond acceptors (Lipinski definition) is 4. The maximum absolute atomic E-state index is 13.8. The van der Waals surface area contributed by atoms with Crippen molar-refractivity contribution in [3.63, 3.8) is 0 Å². The van der Waals surface area contributed by atoms with Crippen LogP contribution in [0.5, 0.6) is 5.75 Å². The van der Waals surface area contributed by atoms with Crippen molar-refractivity contribution in [1.29, 1.82) is 0 Å². The third-order valence-corrected chi connectivity index (χ3v) is 4.66. The number of carbonyl (C=O) groups excluding carboxylic acids is 1. The summed E-state index contributed by atoms with van der Waals surface area (Å²) < 4.78 is 107. The van der Waals surface area contributed by atoms with Crippen molar-refractivity contribution in [1.82, 2.24) is 0 Å². The average molecular weight is 412 g/mol. The summed E-state index contributed by atoms with van der Waals surface area (Å²) in [5, 5.41) is 0. The topological polar surface area (TPSA) is 60.4 Å². The van der Waals surface area contributed by atoms with Crippen molar-refractivity contribution in [2.75, 3.05) is 13.4 Å². The van der Waals surface area contributed by atoms with Crippen LogP contribution in [0.4, 0.5) is 26.3 Å². The molecule has 2 rings (SSSR count). The van der Waals surface area contributed by atoms with Gasteiger partial charge in [0, 0.05) is 11.8 Å². The van der Waals surface area contributed by atoms with Crippen LogP contribution in [0.25, 0.3) is 0 Å². The molecule has 4 nitrogen and oxygen atoms in total. The molecule has 0 heterocycles. The fourth-order valence-corrected chi connectivity index (χ4v) is 3.19. The summed E-state index contributed by atoms with van der Waals surface area (Å²) in [4.78, 5) is 11.6. The summed E-state index contributed by atoms with van der Waals surface area (Å²) >= 11 is 0. The van der Waals surface area contributed by atoms with Crippen molar-refractivity contribution in [2.45, 2.75) is 11.1 Å². The van der Waals surface area contributed by atoms with Crippen molar-refractivity contribution >= 4 is 15.6 Å². The average Bonchev–Trinajstić information content (AvgIpc) is 2.56. The zero-order chi connectivity index (χ0) is 20.7. The van der Waals surface area contributed by atoms with E-state index in [4.69, 9.17) is 0 Å². The molecule has 0 radical (unpaired) electrons. The number of halogens is 6. The highest BCUT2D eigenvalue weighted by Crippen LogP contribution is 2.34. The minimum absolute atomic E-state index is 0.227. The van der Waals surface area contributed by atoms with Crippen LogP contribution in [0, 0.1) is 17.5 Å². The van der Waals surface area contributed by atoms with E-state index in [1.165, 1.54) is 0 Å². The number of alkyl halides is 3. The molecule has 0 amide bonds. The Morgan fingerprint density at radius 3 is 2.07 bits per heavy atom. The van der Waals surface area contributed by atoms with Crippen LogP contribution in [-0.4, -0.2) is 27.6 Å². The molecular weight excluding hydrogens is 402 g/mol. The highest BCUT2D eigenvalue weighted by molar-refractivity contribution is 7.90. The molecule has 0 aromatic heterocycles. The van der Waals surface area contributed by atoms with E-state index in [-0.39, 0.29) is 12.1 Å². The Morgan fingerprint density at radius 1 is 1.00 bits per heavy atom. The van der Waals surface area contributed by atoms with Gasteiger partial charge in [0.15, 0.2) is 33.0 Å². The van der Waals surface area contributed by atoms with E-state index in [0.717, 1.165) is 7.11 Å². The summed E-state index contributed by atoms with van der Waals surface area (Å²) in [7, 11) is -3.50. The monoisotopic (exact) mass is 412 g/mol. The number of benzene rings is 2. The van der Waals surface area contributed by atoms with Crippen molar-refractivity contribution in [3.05, 3.63) is 58.4 Å². The Balaban J connectivity index is 2.78. The maximum Gasteiger partial charge on any atom is 0.416 e. The van der Waals surface area contributed by atoms with Gasteiger partial charge in [-0.2, -0.15) is 17.6 Å². The quantitative estimate of drug-likeness (QED) is 0.436. The van der Waals surface area contributed by atoms with Crippen LogP contribution in [0.1, 0.15) is 21.5 Å². The highest BCUT2D eigenvalue weighted by Gasteiger charge is 2.34. The number of hydrogen-bond donors (Lipinski definition) is 0. The predicted molar refractivity (Wildman–Crippen MR) is 80.9 cm³/mol. The molecular formula is C16H10F6O4S. The summed E-state index contributed by atoms with van der Waals surface area (Å²) in [5.41, 5.74) is -3.02. The second-order valence-corrected chi connectivity index (χ2v) is 7.36. The van der Waals surface area contributed by atoms with Gasteiger partial charge in [0.05, 0.1) is 23.1 Å². The molecule has 146 valence electrons. The van der Waals surface area contributed by atoms with E-state index in [0.29, 0.717) is 18.4 Å². The third kappa shape index (κ3) is 3.92. The minimum Gasteiger partial charge on any atom is -0.493 e. The minimum atomic E-state index is -4.90. The maximum atomic E-state index is 13.8. The zero-order valence-corrected chi connectivity index (χ0v) is 14.4. The third-order valence-electron chi connectivity index (χ3n) is 3.52. The van der Waals surface area contributed by atoms with Crippen LogP contribution < -0.4 is 4.74 Å². The van der Waals surface area contributed by atoms with Crippen LogP contribution in [0.2, 0.25) is 0 Å². The Morgan fingerprint density at radius 2 is 1.59 bits per heavy atom. The summed E-state index contributed by atoms with van der Waals surface area (Å²) in [5.74, 6) is -7.91. The Hall–Kier alpha value is -2.56. The Bertz CT molecular complexity index is 1030. The molecule has 11 heteroatoms. The molecule has 0 saturated heterocycles. The van der Waals surface area contributed by atoms with Crippen molar-refractivity contribution < 1.29 is 44.3 Å². The first kappa shape index (κ1) is 20.7. The van der Waals surface area contributed by atoms with Gasteiger partial charge >= 0.3 is 6.18 Å². The molecule has 0 spiro atoms. The summed E-state index contributed by atoms with van der Waals surface area (Å²) in [6.07, 6.45) is -4.34. The van der Waals surface area contributed by atoms with Gasteiger partial charge in [-0.05, 0) is 24.3 Å². The molecule has 0 unspecified atom stereocenters. The SMILES string of the molecule is COc1c(C(=O)c2ccc(C(F)(F)F)cc2S(C)(=O)=O)cc(F)c(F)c1F. The smallest absolute Gasteiger partial charge is 0.416 e. The molecule has 27 heavy (non-hydrogen) atoms. The van der Waals surface area contributed by atoms with Gasteiger partial charge < -0.3 is 4.74 Å². The van der Waals surface area contributed by atoms with E-state index in [2.05, 4.69) is 4.74 Å². The Kier molecular flexibility index (Phi) is 5.28. The zero-order valence-electron chi connectivity index (χ0n) is 13.6. The van der Waals surface area contributed by atoms with E-state index in [9.17, 15) is 39.6 Å². The van der Waals surface area contributed by atoms with Crippen LogP contribution in [0.15, 0.2) is 29.2 Å². The predicted octanol–water partition coefficient (Wildman–Crippen LogP) is 3.77. The molecule has 0 aliphatic rings. The standard InChI is InChI=1S/C16H10F6O4S/c1-26-15-9(6-10(17)12(18)13(15)19)14(23)8-4-3-7(16(20,21)22)5-11(8)27(2,24)25/h3-6H,1-2H3. The van der Waals surface area contributed by atoms with Crippen LogP contribution >= 0.6 is 0 Å². The summed E-state index contributed by atoms with van der Waals surface area (Å²) in [6, 6.07) is 1.49. The Labute approximate surface area is 149 Å². The lowest BCUT2D eigenvalue weighted by atomic mass is 10.00. The van der Waals surface area contributed by atoms with Gasteiger partial charge in [-0.15, -0.1) is 0 Å². The molecule has 0 aliphatic carbocycles. The van der Waals surface area contributed by atoms with Gasteiger partial charge in [-0.3, -0.25) is 4.79 Å². The van der Waals surface area contributed by atoms with Gasteiger partial charge in [0.1, 0.15) is 0 Å². The first-order chi connectivity index (χ1) is 12.3. The lowest BCUT2D eigenvalue weighted by molar-refractivity contribution is -0.137. The van der Waals surface area contributed by atoms with Gasteiger partial charge in [0.25, 0.3) is 0 Å². The normalized spacial score (nSPS) is 12.1. The second-order valence-electron chi connectivity index (χ2n) is 5.38. The molecule has 0 fully saturated rings. The highest BCUT2D eigenvalue weighted by atomic mass is 32.2. The fourth-order valence-electron chi connectivity index (χ4n) is 2.28. The van der Waals surface area contributed by atoms with E-state index < -0.39 is 66.6 Å². The largest absolute Gasteiger partial charge is 0.493 e. The molecule has 2 aromatic carbocycles. The number of methoxy groups -OCH3 is 1. The lowest BCUT2D eigenvalue weighted by Gasteiger charge is -2.14. The number of sulfone groups is 1. The first-order valence-corrected chi connectivity index (χ1v) is 8.85. The van der Waals surface area contributed by atoms with E-state index in [1.807, 2.05) is 0 Å². The van der Waals surface area contributed by atoms with Crippen LogP contribution in [0.3, 0.4) is 0 Å².